The van der Waals surface area contributed by atoms with Crippen LogP contribution in [0.25, 0.3) is 0 Å². The summed E-state index contributed by atoms with van der Waals surface area (Å²) in [6.45, 7) is 4.00. The molecule has 0 bridgehead atoms. The lowest BCUT2D eigenvalue weighted by Gasteiger charge is -2.27. The second-order valence-electron chi connectivity index (χ2n) is 13.6. The van der Waals surface area contributed by atoms with Gasteiger partial charge in [0.2, 0.25) is 5.91 Å². The number of aliphatic hydroxyl groups is 4. The van der Waals surface area contributed by atoms with E-state index in [0.717, 1.165) is 38.5 Å². The van der Waals surface area contributed by atoms with Crippen molar-refractivity contribution in [2.24, 2.45) is 0 Å². The van der Waals surface area contributed by atoms with E-state index in [1.165, 1.54) is 135 Å². The van der Waals surface area contributed by atoms with Crippen LogP contribution in [-0.2, 0) is 4.79 Å². The van der Waals surface area contributed by atoms with Gasteiger partial charge in [-0.3, -0.25) is 4.79 Å². The van der Waals surface area contributed by atoms with E-state index in [-0.39, 0.29) is 0 Å². The molecule has 0 spiro atoms. The molecular weight excluding hydrogens is 562 g/mol. The second kappa shape index (κ2) is 34.4. The molecule has 6 nitrogen and oxygen atoms in total. The van der Waals surface area contributed by atoms with Gasteiger partial charge in [0.05, 0.1) is 18.8 Å². The summed E-state index contributed by atoms with van der Waals surface area (Å²) in [4.78, 5) is 12.4. The van der Waals surface area contributed by atoms with Gasteiger partial charge in [-0.1, -0.05) is 174 Å². The average molecular weight is 640 g/mol. The van der Waals surface area contributed by atoms with E-state index in [1.807, 2.05) is 0 Å². The van der Waals surface area contributed by atoms with E-state index in [1.54, 1.807) is 0 Å². The fourth-order valence-electron chi connectivity index (χ4n) is 6.05. The molecule has 6 heteroatoms. The molecule has 4 unspecified atom stereocenters. The van der Waals surface area contributed by atoms with Crippen molar-refractivity contribution < 1.29 is 25.2 Å². The van der Waals surface area contributed by atoms with Crippen molar-refractivity contribution in [2.75, 3.05) is 6.61 Å². The lowest BCUT2D eigenvalue weighted by atomic mass is 10.00. The number of amides is 1. The van der Waals surface area contributed by atoms with Gasteiger partial charge in [0, 0.05) is 0 Å². The van der Waals surface area contributed by atoms with E-state index in [2.05, 4.69) is 31.3 Å². The number of carbonyl (C=O) groups is 1. The molecule has 45 heavy (non-hydrogen) atoms. The predicted molar refractivity (Wildman–Crippen MR) is 191 cm³/mol. The fraction of sp³-hybridized carbons (Fsp3) is 0.923. The molecule has 0 saturated heterocycles. The maximum Gasteiger partial charge on any atom is 0.249 e. The zero-order chi connectivity index (χ0) is 33.2. The SMILES string of the molecule is CCCCCCC/C=C/CCCC(O)C(O)C(CO)NC(=O)C(O)CCCCCCCCCCCCCCCCCCCCC. The van der Waals surface area contributed by atoms with Crippen LogP contribution >= 0.6 is 0 Å². The Balaban J connectivity index is 3.74. The highest BCUT2D eigenvalue weighted by atomic mass is 16.3. The highest BCUT2D eigenvalue weighted by Crippen LogP contribution is 2.16. The first-order chi connectivity index (χ1) is 22.0. The van der Waals surface area contributed by atoms with Gasteiger partial charge in [-0.2, -0.15) is 0 Å². The number of unbranched alkanes of at least 4 members (excludes halogenated alkanes) is 24. The zero-order valence-corrected chi connectivity index (χ0v) is 29.9. The lowest BCUT2D eigenvalue weighted by Crippen LogP contribution is -2.53. The molecule has 0 aliphatic rings. The number of nitrogens with one attached hydrogen (secondary N) is 1. The molecule has 0 fully saturated rings. The normalized spacial score (nSPS) is 14.5. The molecule has 0 rings (SSSR count). The molecule has 0 aromatic carbocycles. The van der Waals surface area contributed by atoms with Crippen LogP contribution in [0.1, 0.15) is 200 Å². The maximum atomic E-state index is 12.4. The van der Waals surface area contributed by atoms with Gasteiger partial charge < -0.3 is 25.7 Å². The first-order valence-corrected chi connectivity index (χ1v) is 19.6. The van der Waals surface area contributed by atoms with Crippen molar-refractivity contribution in [3.05, 3.63) is 12.2 Å². The van der Waals surface area contributed by atoms with Crippen LogP contribution in [0.5, 0.6) is 0 Å². The summed E-state index contributed by atoms with van der Waals surface area (Å²) >= 11 is 0. The molecule has 0 heterocycles. The Bertz CT molecular complexity index is 643. The van der Waals surface area contributed by atoms with Crippen LogP contribution in [0.15, 0.2) is 12.2 Å². The number of hydrogen-bond donors (Lipinski definition) is 5. The Hall–Kier alpha value is -0.950. The van der Waals surface area contributed by atoms with Crippen molar-refractivity contribution >= 4 is 5.91 Å². The number of hydrogen-bond acceptors (Lipinski definition) is 5. The van der Waals surface area contributed by atoms with Crippen LogP contribution < -0.4 is 5.32 Å². The monoisotopic (exact) mass is 640 g/mol. The van der Waals surface area contributed by atoms with Gasteiger partial charge in [-0.15, -0.1) is 0 Å². The summed E-state index contributed by atoms with van der Waals surface area (Å²) in [5, 5.41) is 43.4. The highest BCUT2D eigenvalue weighted by Gasteiger charge is 2.28. The molecule has 5 N–H and O–H groups in total. The minimum atomic E-state index is -1.27. The van der Waals surface area contributed by atoms with Gasteiger partial charge in [0.1, 0.15) is 12.2 Å². The molecule has 268 valence electrons. The van der Waals surface area contributed by atoms with Crippen molar-refractivity contribution in [3.8, 4) is 0 Å². The number of rotatable bonds is 35. The molecule has 0 saturated carbocycles. The standard InChI is InChI=1S/C39H77NO5/c1-3-5-7-9-11-13-15-16-17-18-19-20-21-22-23-25-27-29-31-33-37(43)39(45)40-35(34-41)38(44)36(42)32-30-28-26-24-14-12-10-8-6-4-2/h24,26,35-38,41-44H,3-23,25,27-34H2,1-2H3,(H,40,45)/b26-24+. The summed E-state index contributed by atoms with van der Waals surface area (Å²) in [6, 6.07) is -0.995. The minimum absolute atomic E-state index is 0.367. The van der Waals surface area contributed by atoms with Gasteiger partial charge in [-0.05, 0) is 38.5 Å². The zero-order valence-electron chi connectivity index (χ0n) is 29.9. The summed E-state index contributed by atoms with van der Waals surface area (Å²) in [7, 11) is 0. The third-order valence-electron chi connectivity index (χ3n) is 9.23. The molecule has 0 aliphatic heterocycles. The van der Waals surface area contributed by atoms with Gasteiger partial charge >= 0.3 is 0 Å². The topological polar surface area (TPSA) is 110 Å². The number of carbonyl (C=O) groups excluding carboxylic acids is 1. The Morgan fingerprint density at radius 2 is 0.911 bits per heavy atom. The van der Waals surface area contributed by atoms with Crippen molar-refractivity contribution in [1.82, 2.24) is 5.32 Å². The molecule has 0 radical (unpaired) electrons. The maximum absolute atomic E-state index is 12.4. The highest BCUT2D eigenvalue weighted by molar-refractivity contribution is 5.80. The molecule has 4 atom stereocenters. The Kier molecular flexibility index (Phi) is 33.7. The van der Waals surface area contributed by atoms with Gasteiger partial charge in [0.25, 0.3) is 0 Å². The van der Waals surface area contributed by atoms with Crippen molar-refractivity contribution in [1.29, 1.82) is 0 Å². The van der Waals surface area contributed by atoms with Crippen LogP contribution in [-0.4, -0.2) is 57.3 Å². The number of allylic oxidation sites excluding steroid dienone is 2. The summed E-state index contributed by atoms with van der Waals surface area (Å²) in [5.74, 6) is -0.593. The quantitative estimate of drug-likeness (QED) is 0.0350. The predicted octanol–water partition coefficient (Wildman–Crippen LogP) is 9.46. The Morgan fingerprint density at radius 1 is 0.533 bits per heavy atom. The first-order valence-electron chi connectivity index (χ1n) is 19.6. The third-order valence-corrected chi connectivity index (χ3v) is 9.23. The smallest absolute Gasteiger partial charge is 0.249 e. The van der Waals surface area contributed by atoms with Gasteiger partial charge in [0.15, 0.2) is 0 Å². The van der Waals surface area contributed by atoms with Crippen LogP contribution in [0, 0.1) is 0 Å². The molecular formula is C39H77NO5. The Morgan fingerprint density at radius 3 is 1.33 bits per heavy atom. The van der Waals surface area contributed by atoms with Crippen molar-refractivity contribution in [3.63, 3.8) is 0 Å². The van der Waals surface area contributed by atoms with E-state index in [4.69, 9.17) is 0 Å². The van der Waals surface area contributed by atoms with E-state index in [0.29, 0.717) is 12.8 Å². The molecule has 1 amide bonds. The van der Waals surface area contributed by atoms with Crippen LogP contribution in [0.4, 0.5) is 0 Å². The molecule has 0 aromatic heterocycles. The van der Waals surface area contributed by atoms with Crippen LogP contribution in [0.3, 0.4) is 0 Å². The summed E-state index contributed by atoms with van der Waals surface area (Å²) in [5.41, 5.74) is 0. The largest absolute Gasteiger partial charge is 0.394 e. The lowest BCUT2D eigenvalue weighted by molar-refractivity contribution is -0.132. The fourth-order valence-corrected chi connectivity index (χ4v) is 6.05. The average Bonchev–Trinajstić information content (AvgIpc) is 3.04. The van der Waals surface area contributed by atoms with E-state index >= 15 is 0 Å². The second-order valence-corrected chi connectivity index (χ2v) is 13.6. The van der Waals surface area contributed by atoms with Crippen molar-refractivity contribution in [2.45, 2.75) is 224 Å². The van der Waals surface area contributed by atoms with E-state index < -0.39 is 36.9 Å². The van der Waals surface area contributed by atoms with E-state index in [9.17, 15) is 25.2 Å². The first kappa shape index (κ1) is 44.0. The van der Waals surface area contributed by atoms with Gasteiger partial charge in [-0.25, -0.2) is 0 Å². The molecule has 0 aliphatic carbocycles. The minimum Gasteiger partial charge on any atom is -0.394 e. The summed E-state index contributed by atoms with van der Waals surface area (Å²) < 4.78 is 0. The Labute approximate surface area is 279 Å². The van der Waals surface area contributed by atoms with Crippen LogP contribution in [0.2, 0.25) is 0 Å². The summed E-state index contributed by atoms with van der Waals surface area (Å²) in [6.07, 6.45) is 35.3. The molecule has 0 aromatic rings. The third kappa shape index (κ3) is 29.0. The number of aliphatic hydroxyl groups excluding tert-OH is 4.